The summed E-state index contributed by atoms with van der Waals surface area (Å²) in [4.78, 5) is 0. The van der Waals surface area contributed by atoms with Crippen molar-refractivity contribution in [1.82, 2.24) is 0 Å². The minimum Gasteiger partial charge on any atom is -0.496 e. The smallest absolute Gasteiger partial charge is 0.118 e. The summed E-state index contributed by atoms with van der Waals surface area (Å²) in [5.74, 6) is 0. The van der Waals surface area contributed by atoms with Crippen LogP contribution in [0.5, 0.6) is 0 Å². The summed E-state index contributed by atoms with van der Waals surface area (Å²) in [6, 6.07) is 8.24. The maximum Gasteiger partial charge on any atom is 0.118 e. The van der Waals surface area contributed by atoms with Crippen LogP contribution in [0.4, 0.5) is 0 Å². The SMILES string of the molecule is C=C(COC(C)COC(C)COC)c1ccc(/C(C)=C/OC(C)COC(C)COC)cc1. The lowest BCUT2D eigenvalue weighted by Gasteiger charge is -2.18. The molecule has 0 N–H and O–H groups in total. The molecule has 0 aromatic heterocycles. The van der Waals surface area contributed by atoms with E-state index in [2.05, 4.69) is 30.8 Å². The van der Waals surface area contributed by atoms with E-state index in [1.165, 1.54) is 0 Å². The van der Waals surface area contributed by atoms with Gasteiger partial charge in [-0.1, -0.05) is 30.8 Å². The van der Waals surface area contributed by atoms with Gasteiger partial charge in [0.15, 0.2) is 0 Å². The Balaban J connectivity index is 2.45. The van der Waals surface area contributed by atoms with E-state index < -0.39 is 0 Å². The van der Waals surface area contributed by atoms with Crippen molar-refractivity contribution in [3.63, 3.8) is 0 Å². The predicted molar refractivity (Wildman–Crippen MR) is 130 cm³/mol. The van der Waals surface area contributed by atoms with Gasteiger partial charge in [0.25, 0.3) is 0 Å². The van der Waals surface area contributed by atoms with Gasteiger partial charge in [0.05, 0.1) is 57.6 Å². The van der Waals surface area contributed by atoms with Crippen LogP contribution in [0.3, 0.4) is 0 Å². The lowest BCUT2D eigenvalue weighted by Crippen LogP contribution is -2.23. The summed E-state index contributed by atoms with van der Waals surface area (Å²) < 4.78 is 33.2. The van der Waals surface area contributed by atoms with Crippen molar-refractivity contribution < 1.29 is 28.4 Å². The van der Waals surface area contributed by atoms with Crippen molar-refractivity contribution in [2.24, 2.45) is 0 Å². The fourth-order valence-electron chi connectivity index (χ4n) is 2.83. The third-order valence-electron chi connectivity index (χ3n) is 4.80. The molecule has 4 unspecified atom stereocenters. The van der Waals surface area contributed by atoms with E-state index in [9.17, 15) is 0 Å². The molecule has 0 bridgehead atoms. The fraction of sp³-hybridized carbons (Fsp3) is 0.615. The summed E-state index contributed by atoms with van der Waals surface area (Å²) in [6.45, 7) is 16.8. The molecule has 4 atom stereocenters. The predicted octanol–water partition coefficient (Wildman–Crippen LogP) is 4.97. The molecule has 0 heterocycles. The van der Waals surface area contributed by atoms with Crippen molar-refractivity contribution in [1.29, 1.82) is 0 Å². The van der Waals surface area contributed by atoms with Gasteiger partial charge in [0.2, 0.25) is 0 Å². The molecule has 6 nitrogen and oxygen atoms in total. The quantitative estimate of drug-likeness (QED) is 0.312. The number of methoxy groups -OCH3 is 2. The van der Waals surface area contributed by atoms with Crippen LogP contribution in [0, 0.1) is 0 Å². The van der Waals surface area contributed by atoms with Gasteiger partial charge < -0.3 is 28.4 Å². The maximum atomic E-state index is 5.87. The second-order valence-corrected chi connectivity index (χ2v) is 8.25. The first kappa shape index (κ1) is 28.3. The number of hydrogen-bond donors (Lipinski definition) is 0. The zero-order chi connectivity index (χ0) is 23.9. The Morgan fingerprint density at radius 3 is 1.75 bits per heavy atom. The van der Waals surface area contributed by atoms with Crippen molar-refractivity contribution in [3.8, 4) is 0 Å². The Kier molecular flexibility index (Phi) is 14.2. The Hall–Kier alpha value is -1.70. The van der Waals surface area contributed by atoms with Gasteiger partial charge in [-0.15, -0.1) is 0 Å². The molecule has 0 fully saturated rings. The molecule has 1 rings (SSSR count). The zero-order valence-electron chi connectivity index (χ0n) is 20.9. The highest BCUT2D eigenvalue weighted by Crippen LogP contribution is 2.19. The van der Waals surface area contributed by atoms with Crippen LogP contribution in [0.1, 0.15) is 45.7 Å². The van der Waals surface area contributed by atoms with Gasteiger partial charge in [-0.25, -0.2) is 0 Å². The van der Waals surface area contributed by atoms with Gasteiger partial charge in [-0.3, -0.25) is 0 Å². The van der Waals surface area contributed by atoms with E-state index in [0.717, 1.165) is 22.3 Å². The Morgan fingerprint density at radius 2 is 1.22 bits per heavy atom. The lowest BCUT2D eigenvalue weighted by atomic mass is 10.0. The van der Waals surface area contributed by atoms with E-state index in [0.29, 0.717) is 33.0 Å². The largest absolute Gasteiger partial charge is 0.496 e. The summed E-state index contributed by atoms with van der Waals surface area (Å²) in [5, 5.41) is 0. The van der Waals surface area contributed by atoms with Crippen LogP contribution in [-0.2, 0) is 28.4 Å². The first-order valence-electron chi connectivity index (χ1n) is 11.2. The molecule has 182 valence electrons. The van der Waals surface area contributed by atoms with Crippen LogP contribution in [0.15, 0.2) is 37.1 Å². The summed E-state index contributed by atoms with van der Waals surface area (Å²) in [5.41, 5.74) is 4.13. The summed E-state index contributed by atoms with van der Waals surface area (Å²) in [6.07, 6.45) is 1.83. The van der Waals surface area contributed by atoms with E-state index in [4.69, 9.17) is 28.4 Å². The molecular formula is C26H42O6. The molecule has 0 spiro atoms. The summed E-state index contributed by atoms with van der Waals surface area (Å²) >= 11 is 0. The Labute approximate surface area is 194 Å². The molecule has 0 amide bonds. The molecule has 1 aromatic carbocycles. The van der Waals surface area contributed by atoms with E-state index >= 15 is 0 Å². The van der Waals surface area contributed by atoms with Crippen LogP contribution >= 0.6 is 0 Å². The molecule has 0 aliphatic rings. The Bertz CT molecular complexity index is 669. The topological polar surface area (TPSA) is 55.4 Å². The number of hydrogen-bond acceptors (Lipinski definition) is 6. The van der Waals surface area contributed by atoms with Crippen molar-refractivity contribution >= 4 is 11.1 Å². The van der Waals surface area contributed by atoms with E-state index in [1.807, 2.05) is 34.6 Å². The highest BCUT2D eigenvalue weighted by Gasteiger charge is 2.09. The molecule has 0 saturated carbocycles. The van der Waals surface area contributed by atoms with Gasteiger partial charge in [0.1, 0.15) is 6.10 Å². The number of rotatable bonds is 17. The van der Waals surface area contributed by atoms with Crippen LogP contribution in [0.25, 0.3) is 11.1 Å². The van der Waals surface area contributed by atoms with Crippen molar-refractivity contribution in [2.75, 3.05) is 47.3 Å². The normalized spacial score (nSPS) is 15.8. The monoisotopic (exact) mass is 450 g/mol. The maximum absolute atomic E-state index is 5.87. The number of benzene rings is 1. The number of ether oxygens (including phenoxy) is 6. The second kappa shape index (κ2) is 16.0. The molecule has 0 aliphatic heterocycles. The molecular weight excluding hydrogens is 408 g/mol. The first-order chi connectivity index (χ1) is 15.3. The van der Waals surface area contributed by atoms with E-state index in [-0.39, 0.29) is 24.4 Å². The van der Waals surface area contributed by atoms with Crippen LogP contribution in [0.2, 0.25) is 0 Å². The third-order valence-corrected chi connectivity index (χ3v) is 4.80. The molecule has 1 aromatic rings. The number of allylic oxidation sites excluding steroid dienone is 1. The highest BCUT2D eigenvalue weighted by molar-refractivity contribution is 5.68. The van der Waals surface area contributed by atoms with Crippen LogP contribution < -0.4 is 0 Å². The third kappa shape index (κ3) is 11.8. The Morgan fingerprint density at radius 1 is 0.750 bits per heavy atom. The molecule has 0 aliphatic carbocycles. The zero-order valence-corrected chi connectivity index (χ0v) is 20.9. The van der Waals surface area contributed by atoms with Gasteiger partial charge in [-0.05, 0) is 56.9 Å². The average molecular weight is 451 g/mol. The molecule has 0 saturated heterocycles. The van der Waals surface area contributed by atoms with Gasteiger partial charge in [-0.2, -0.15) is 0 Å². The van der Waals surface area contributed by atoms with Crippen molar-refractivity contribution in [2.45, 2.75) is 59.0 Å². The summed E-state index contributed by atoms with van der Waals surface area (Å²) in [7, 11) is 3.34. The van der Waals surface area contributed by atoms with Crippen molar-refractivity contribution in [3.05, 3.63) is 48.2 Å². The lowest BCUT2D eigenvalue weighted by molar-refractivity contribution is -0.0443. The average Bonchev–Trinajstić information content (AvgIpc) is 2.78. The van der Waals surface area contributed by atoms with Gasteiger partial charge in [0, 0.05) is 14.2 Å². The molecule has 0 radical (unpaired) electrons. The standard InChI is InChI=1S/C26H42O6/c1-19(13-29-23(5)17-31-21(3)15-27-7)25-9-11-26(12-10-25)20(2)14-30-24(6)18-32-22(4)16-28-8/h9-12,14,21-24H,1,13,15-18H2,2-8H3/b20-14+. The first-order valence-corrected chi connectivity index (χ1v) is 11.2. The molecule has 6 heteroatoms. The van der Waals surface area contributed by atoms with Gasteiger partial charge >= 0.3 is 0 Å². The minimum absolute atomic E-state index is 0.0175. The minimum atomic E-state index is -0.0380. The van der Waals surface area contributed by atoms with E-state index in [1.54, 1.807) is 20.5 Å². The van der Waals surface area contributed by atoms with Crippen LogP contribution in [-0.4, -0.2) is 71.7 Å². The fourth-order valence-corrected chi connectivity index (χ4v) is 2.83. The second-order valence-electron chi connectivity index (χ2n) is 8.25. The highest BCUT2D eigenvalue weighted by atomic mass is 16.6. The molecule has 32 heavy (non-hydrogen) atoms.